The zero-order valence-electron chi connectivity index (χ0n) is 13.1. The molecule has 8 fully saturated rings. The molecule has 8 aliphatic heterocycles. The standard InChI is InChI=1S/2C6H12N3P.2HI.Pt/c2*1-7-2-9-3-8(1)5-10(4-7)6-9;;;/h2*1-6H2;2*1H;/q;;;;+2/p-2. The maximum Gasteiger partial charge on any atom is 2.00 e. The maximum absolute atomic E-state index is 2.57. The van der Waals surface area contributed by atoms with Gasteiger partial charge in [0.05, 0.1) is 40.0 Å². The molecule has 8 aliphatic rings. The van der Waals surface area contributed by atoms with Crippen molar-refractivity contribution in [1.82, 2.24) is 29.4 Å². The van der Waals surface area contributed by atoms with Gasteiger partial charge in [0, 0.05) is 37.7 Å². The van der Waals surface area contributed by atoms with Gasteiger partial charge in [0.25, 0.3) is 0 Å². The molecule has 8 saturated heterocycles. The molecule has 8 rings (SSSR count). The van der Waals surface area contributed by atoms with Crippen molar-refractivity contribution in [3.05, 3.63) is 0 Å². The molecule has 0 N–H and O–H groups in total. The Morgan fingerprint density at radius 2 is 0.565 bits per heavy atom. The van der Waals surface area contributed by atoms with Crippen LogP contribution in [0, 0.1) is 0 Å². The third-order valence-corrected chi connectivity index (χ3v) is 9.60. The van der Waals surface area contributed by atoms with Gasteiger partial charge in [-0.05, 0) is 0 Å². The van der Waals surface area contributed by atoms with Crippen molar-refractivity contribution in [2.75, 3.05) is 77.7 Å². The number of hydrogen-bond donors (Lipinski definition) is 0. The van der Waals surface area contributed by atoms with Crippen LogP contribution < -0.4 is 48.0 Å². The third kappa shape index (κ3) is 4.98. The van der Waals surface area contributed by atoms with E-state index in [0.29, 0.717) is 15.8 Å². The molecular weight excluding hydrogens is 739 g/mol. The van der Waals surface area contributed by atoms with Gasteiger partial charge in [0.2, 0.25) is 0 Å². The number of halogens is 2. The van der Waals surface area contributed by atoms with Crippen LogP contribution in [0.15, 0.2) is 0 Å². The summed E-state index contributed by atoms with van der Waals surface area (Å²) < 4.78 is 0. The van der Waals surface area contributed by atoms with Crippen LogP contribution in [-0.4, -0.2) is 107 Å². The van der Waals surface area contributed by atoms with E-state index in [9.17, 15) is 0 Å². The van der Waals surface area contributed by atoms with Crippen LogP contribution >= 0.6 is 15.8 Å². The SMILES string of the molecule is C1N2CN3CN1CP(C2)C3.C1N2CN3CN1CP(C2)C3.[I-].[I-].[Pt+2]. The molecule has 23 heavy (non-hydrogen) atoms. The molecule has 0 saturated carbocycles. The van der Waals surface area contributed by atoms with Gasteiger partial charge in [-0.1, -0.05) is 15.8 Å². The van der Waals surface area contributed by atoms with Gasteiger partial charge >= 0.3 is 21.1 Å². The van der Waals surface area contributed by atoms with Crippen LogP contribution in [-0.2, 0) is 21.1 Å². The molecule has 136 valence electrons. The van der Waals surface area contributed by atoms with Crippen LogP contribution in [0.3, 0.4) is 0 Å². The van der Waals surface area contributed by atoms with E-state index in [1.54, 1.807) is 0 Å². The summed E-state index contributed by atoms with van der Waals surface area (Å²) in [7, 11) is 0.732. The molecule has 8 heterocycles. The summed E-state index contributed by atoms with van der Waals surface area (Å²) in [6.07, 6.45) is 8.51. The summed E-state index contributed by atoms with van der Waals surface area (Å²) in [6.45, 7) is 7.47. The van der Waals surface area contributed by atoms with Crippen molar-refractivity contribution in [2.45, 2.75) is 0 Å². The topological polar surface area (TPSA) is 19.4 Å². The zero-order valence-corrected chi connectivity index (χ0v) is 21.5. The first-order valence-corrected chi connectivity index (χ1v) is 11.4. The molecule has 0 unspecified atom stereocenters. The van der Waals surface area contributed by atoms with E-state index in [0.717, 1.165) is 0 Å². The van der Waals surface area contributed by atoms with Crippen LogP contribution in [0.1, 0.15) is 0 Å². The molecule has 0 amide bonds. The van der Waals surface area contributed by atoms with E-state index in [2.05, 4.69) is 29.4 Å². The predicted octanol–water partition coefficient (Wildman–Crippen LogP) is -5.67. The number of nitrogens with zero attached hydrogens (tertiary/aromatic N) is 6. The molecule has 0 atom stereocenters. The second kappa shape index (κ2) is 9.31. The molecule has 0 spiro atoms. The zero-order chi connectivity index (χ0) is 13.1. The van der Waals surface area contributed by atoms with Crippen molar-refractivity contribution in [3.63, 3.8) is 0 Å². The van der Waals surface area contributed by atoms with Gasteiger partial charge in [-0.3, -0.25) is 29.4 Å². The fourth-order valence-corrected chi connectivity index (χ4v) is 9.47. The van der Waals surface area contributed by atoms with Crippen molar-refractivity contribution in [3.8, 4) is 0 Å². The molecule has 0 aliphatic carbocycles. The van der Waals surface area contributed by atoms with Gasteiger partial charge in [-0.15, -0.1) is 0 Å². The Morgan fingerprint density at radius 3 is 0.696 bits per heavy atom. The molecule has 0 aromatic heterocycles. The van der Waals surface area contributed by atoms with Crippen molar-refractivity contribution < 1.29 is 69.0 Å². The Kier molecular flexibility index (Phi) is 8.93. The molecular formula is C12H24I2N6P2Pt. The van der Waals surface area contributed by atoms with E-state index in [1.165, 1.54) is 77.7 Å². The molecule has 0 aromatic rings. The summed E-state index contributed by atoms with van der Waals surface area (Å²) in [4.78, 5) is 15.4. The quantitative estimate of drug-likeness (QED) is 0.180. The fourth-order valence-electron chi connectivity index (χ4n) is 4.47. The average Bonchev–Trinajstić information content (AvgIpc) is 2.35. The van der Waals surface area contributed by atoms with Crippen LogP contribution in [0.4, 0.5) is 0 Å². The van der Waals surface area contributed by atoms with E-state index in [-0.39, 0.29) is 69.0 Å². The van der Waals surface area contributed by atoms with E-state index in [1.807, 2.05) is 0 Å². The van der Waals surface area contributed by atoms with E-state index >= 15 is 0 Å². The van der Waals surface area contributed by atoms with Crippen molar-refractivity contribution >= 4 is 15.8 Å². The minimum Gasteiger partial charge on any atom is -1.00 e. The Hall–Kier alpha value is 2.77. The maximum atomic E-state index is 2.57. The normalized spacial score (nSPS) is 50.1. The Balaban J connectivity index is 0.000000148. The number of hydrogen-bond acceptors (Lipinski definition) is 6. The second-order valence-corrected chi connectivity index (χ2v) is 11.4. The summed E-state index contributed by atoms with van der Waals surface area (Å²) in [5.41, 5.74) is 0. The molecule has 6 nitrogen and oxygen atoms in total. The number of rotatable bonds is 0. The molecule has 8 bridgehead atoms. The first-order valence-electron chi connectivity index (χ1n) is 7.59. The third-order valence-electron chi connectivity index (χ3n) is 4.80. The minimum atomic E-state index is 0. The summed E-state index contributed by atoms with van der Waals surface area (Å²) in [6, 6.07) is 0. The van der Waals surface area contributed by atoms with Crippen molar-refractivity contribution in [2.24, 2.45) is 0 Å². The summed E-state index contributed by atoms with van der Waals surface area (Å²) in [5.74, 6) is 0. The van der Waals surface area contributed by atoms with Crippen LogP contribution in [0.5, 0.6) is 0 Å². The summed E-state index contributed by atoms with van der Waals surface area (Å²) in [5, 5.41) is 0. The van der Waals surface area contributed by atoms with E-state index in [4.69, 9.17) is 0 Å². The average molecular weight is 763 g/mol. The first kappa shape index (κ1) is 22.1. The van der Waals surface area contributed by atoms with Gasteiger partial charge in [-0.25, -0.2) is 0 Å². The van der Waals surface area contributed by atoms with E-state index < -0.39 is 0 Å². The first-order chi connectivity index (χ1) is 9.80. The molecule has 11 heteroatoms. The predicted molar refractivity (Wildman–Crippen MR) is 83.3 cm³/mol. The fraction of sp³-hybridized carbons (Fsp3) is 1.00. The van der Waals surface area contributed by atoms with Crippen LogP contribution in [0.2, 0.25) is 0 Å². The van der Waals surface area contributed by atoms with Gasteiger partial charge < -0.3 is 48.0 Å². The second-order valence-electron chi connectivity index (χ2n) is 7.06. The van der Waals surface area contributed by atoms with Gasteiger partial charge in [0.1, 0.15) is 0 Å². The van der Waals surface area contributed by atoms with Crippen LogP contribution in [0.25, 0.3) is 0 Å². The monoisotopic (exact) mass is 763 g/mol. The molecule has 0 aromatic carbocycles. The summed E-state index contributed by atoms with van der Waals surface area (Å²) >= 11 is 0. The Morgan fingerprint density at radius 1 is 0.391 bits per heavy atom. The minimum absolute atomic E-state index is 0. The Labute approximate surface area is 190 Å². The molecule has 0 radical (unpaired) electrons. The van der Waals surface area contributed by atoms with Gasteiger partial charge in [-0.2, -0.15) is 0 Å². The largest absolute Gasteiger partial charge is 2.00 e. The van der Waals surface area contributed by atoms with Gasteiger partial charge in [0.15, 0.2) is 0 Å². The van der Waals surface area contributed by atoms with Crippen molar-refractivity contribution in [1.29, 1.82) is 0 Å². The Bertz CT molecular complexity index is 261. The smallest absolute Gasteiger partial charge is 1.00 e.